The Morgan fingerprint density at radius 1 is 1.50 bits per heavy atom. The van der Waals surface area contributed by atoms with Crippen molar-refractivity contribution in [2.45, 2.75) is 39.2 Å². The summed E-state index contributed by atoms with van der Waals surface area (Å²) in [5.74, 6) is 1.16. The van der Waals surface area contributed by atoms with Crippen LogP contribution in [0.4, 0.5) is 0 Å². The van der Waals surface area contributed by atoms with E-state index in [1.54, 1.807) is 7.11 Å². The summed E-state index contributed by atoms with van der Waals surface area (Å²) in [6.07, 6.45) is 4.06. The number of rotatable bonds is 7. The Balaban J connectivity index is 2.36. The maximum atomic E-state index is 5.92. The van der Waals surface area contributed by atoms with Crippen molar-refractivity contribution in [3.05, 3.63) is 0 Å². The highest BCUT2D eigenvalue weighted by Gasteiger charge is 2.30. The maximum Gasteiger partial charge on any atom is 0.0662 e. The fourth-order valence-corrected chi connectivity index (χ4v) is 2.53. The monoisotopic (exact) mass is 229 g/mol. The van der Waals surface area contributed by atoms with Crippen molar-refractivity contribution in [2.75, 3.05) is 33.4 Å². The fraction of sp³-hybridized carbons (Fsp3) is 1.00. The molecule has 1 rings (SSSR count). The summed E-state index contributed by atoms with van der Waals surface area (Å²) in [6, 6.07) is 0. The van der Waals surface area contributed by atoms with Crippen LogP contribution in [0.1, 0.15) is 33.1 Å². The molecule has 0 amide bonds. The Hall–Kier alpha value is -0.120. The predicted molar refractivity (Wildman–Crippen MR) is 66.7 cm³/mol. The summed E-state index contributed by atoms with van der Waals surface area (Å²) >= 11 is 0. The summed E-state index contributed by atoms with van der Waals surface area (Å²) in [5, 5.41) is 3.51. The summed E-state index contributed by atoms with van der Waals surface area (Å²) in [6.45, 7) is 8.36. The van der Waals surface area contributed by atoms with E-state index in [0.717, 1.165) is 26.3 Å². The van der Waals surface area contributed by atoms with Crippen molar-refractivity contribution < 1.29 is 9.47 Å². The van der Waals surface area contributed by atoms with Crippen LogP contribution in [0.5, 0.6) is 0 Å². The van der Waals surface area contributed by atoms with E-state index in [1.165, 1.54) is 19.3 Å². The van der Waals surface area contributed by atoms with Crippen LogP contribution in [-0.2, 0) is 9.47 Å². The van der Waals surface area contributed by atoms with Gasteiger partial charge >= 0.3 is 0 Å². The summed E-state index contributed by atoms with van der Waals surface area (Å²) in [4.78, 5) is 0. The molecule has 1 heterocycles. The van der Waals surface area contributed by atoms with Crippen LogP contribution < -0.4 is 5.32 Å². The molecule has 0 radical (unpaired) electrons. The third-order valence-electron chi connectivity index (χ3n) is 3.32. The second kappa shape index (κ2) is 8.04. The summed E-state index contributed by atoms with van der Waals surface area (Å²) < 4.78 is 11.1. The van der Waals surface area contributed by atoms with Gasteiger partial charge < -0.3 is 14.8 Å². The zero-order valence-corrected chi connectivity index (χ0v) is 11.0. The van der Waals surface area contributed by atoms with Gasteiger partial charge in [-0.1, -0.05) is 13.8 Å². The second-order valence-electron chi connectivity index (χ2n) is 4.87. The standard InChI is InChI=1S/C13H27NO2/c1-4-7-14-9-12-6-5-8-16-13(12)11(2)10-15-3/h11-14H,4-10H2,1-3H3. The van der Waals surface area contributed by atoms with E-state index in [4.69, 9.17) is 9.47 Å². The van der Waals surface area contributed by atoms with Crippen LogP contribution in [0.25, 0.3) is 0 Å². The molecular weight excluding hydrogens is 202 g/mol. The van der Waals surface area contributed by atoms with E-state index >= 15 is 0 Å². The zero-order chi connectivity index (χ0) is 11.8. The molecule has 0 spiro atoms. The van der Waals surface area contributed by atoms with Gasteiger partial charge in [0.1, 0.15) is 0 Å². The van der Waals surface area contributed by atoms with Crippen LogP contribution in [0.2, 0.25) is 0 Å². The Bertz CT molecular complexity index is 175. The molecule has 0 aromatic carbocycles. The molecule has 1 fully saturated rings. The molecule has 0 aromatic rings. The minimum atomic E-state index is 0.373. The molecule has 3 heteroatoms. The van der Waals surface area contributed by atoms with Gasteiger partial charge in [-0.05, 0) is 31.7 Å². The molecule has 16 heavy (non-hydrogen) atoms. The van der Waals surface area contributed by atoms with E-state index in [-0.39, 0.29) is 0 Å². The molecule has 3 nitrogen and oxygen atoms in total. The highest BCUT2D eigenvalue weighted by Crippen LogP contribution is 2.26. The average molecular weight is 229 g/mol. The number of methoxy groups -OCH3 is 1. The van der Waals surface area contributed by atoms with Gasteiger partial charge in [0, 0.05) is 26.2 Å². The molecule has 0 aliphatic carbocycles. The third kappa shape index (κ3) is 4.40. The number of ether oxygens (including phenoxy) is 2. The van der Waals surface area contributed by atoms with Crippen LogP contribution in [-0.4, -0.2) is 39.5 Å². The molecule has 1 saturated heterocycles. The Morgan fingerprint density at radius 2 is 2.31 bits per heavy atom. The van der Waals surface area contributed by atoms with E-state index < -0.39 is 0 Å². The predicted octanol–water partition coefficient (Wildman–Crippen LogP) is 2.06. The zero-order valence-electron chi connectivity index (χ0n) is 11.0. The lowest BCUT2D eigenvalue weighted by Gasteiger charge is -2.35. The van der Waals surface area contributed by atoms with E-state index in [0.29, 0.717) is 17.9 Å². The minimum absolute atomic E-state index is 0.373. The van der Waals surface area contributed by atoms with E-state index in [2.05, 4.69) is 19.2 Å². The quantitative estimate of drug-likeness (QED) is 0.678. The molecule has 0 bridgehead atoms. The van der Waals surface area contributed by atoms with Gasteiger partial charge in [0.05, 0.1) is 12.7 Å². The number of hydrogen-bond donors (Lipinski definition) is 1. The molecule has 0 saturated carbocycles. The second-order valence-corrected chi connectivity index (χ2v) is 4.87. The molecule has 96 valence electrons. The molecular formula is C13H27NO2. The lowest BCUT2D eigenvalue weighted by atomic mass is 9.87. The molecule has 1 aliphatic rings. The molecule has 1 N–H and O–H groups in total. The van der Waals surface area contributed by atoms with Crippen molar-refractivity contribution in [3.8, 4) is 0 Å². The Morgan fingerprint density at radius 3 is 3.00 bits per heavy atom. The topological polar surface area (TPSA) is 30.5 Å². The van der Waals surface area contributed by atoms with Crippen molar-refractivity contribution in [3.63, 3.8) is 0 Å². The highest BCUT2D eigenvalue weighted by atomic mass is 16.5. The number of nitrogens with one attached hydrogen (secondary N) is 1. The first-order chi connectivity index (χ1) is 7.79. The number of hydrogen-bond acceptors (Lipinski definition) is 3. The van der Waals surface area contributed by atoms with E-state index in [1.807, 2.05) is 0 Å². The van der Waals surface area contributed by atoms with Gasteiger partial charge in [0.25, 0.3) is 0 Å². The SMILES string of the molecule is CCCNCC1CCCOC1C(C)COC. The van der Waals surface area contributed by atoms with Crippen molar-refractivity contribution in [1.82, 2.24) is 5.32 Å². The Labute approximate surface area is 99.9 Å². The van der Waals surface area contributed by atoms with Gasteiger partial charge in [-0.3, -0.25) is 0 Å². The van der Waals surface area contributed by atoms with Gasteiger partial charge in [-0.25, -0.2) is 0 Å². The highest BCUT2D eigenvalue weighted by molar-refractivity contribution is 4.80. The molecule has 0 aromatic heterocycles. The first kappa shape index (κ1) is 13.9. The smallest absolute Gasteiger partial charge is 0.0662 e. The minimum Gasteiger partial charge on any atom is -0.384 e. The van der Waals surface area contributed by atoms with Crippen LogP contribution in [0.3, 0.4) is 0 Å². The Kier molecular flexibility index (Phi) is 7.01. The van der Waals surface area contributed by atoms with E-state index in [9.17, 15) is 0 Å². The maximum absolute atomic E-state index is 5.92. The lowest BCUT2D eigenvalue weighted by Crippen LogP contribution is -2.41. The van der Waals surface area contributed by atoms with Crippen LogP contribution >= 0.6 is 0 Å². The normalized spacial score (nSPS) is 27.9. The van der Waals surface area contributed by atoms with Crippen molar-refractivity contribution >= 4 is 0 Å². The third-order valence-corrected chi connectivity index (χ3v) is 3.32. The first-order valence-corrected chi connectivity index (χ1v) is 6.60. The summed E-state index contributed by atoms with van der Waals surface area (Å²) in [7, 11) is 1.77. The lowest BCUT2D eigenvalue weighted by molar-refractivity contribution is -0.0704. The fourth-order valence-electron chi connectivity index (χ4n) is 2.53. The molecule has 3 unspecified atom stereocenters. The van der Waals surface area contributed by atoms with Gasteiger partial charge in [-0.2, -0.15) is 0 Å². The average Bonchev–Trinajstić information content (AvgIpc) is 2.30. The van der Waals surface area contributed by atoms with Crippen LogP contribution in [0.15, 0.2) is 0 Å². The largest absolute Gasteiger partial charge is 0.384 e. The van der Waals surface area contributed by atoms with Crippen LogP contribution in [0, 0.1) is 11.8 Å². The molecule has 3 atom stereocenters. The first-order valence-electron chi connectivity index (χ1n) is 6.60. The van der Waals surface area contributed by atoms with Gasteiger partial charge in [0.2, 0.25) is 0 Å². The van der Waals surface area contributed by atoms with Crippen molar-refractivity contribution in [2.24, 2.45) is 11.8 Å². The van der Waals surface area contributed by atoms with Crippen molar-refractivity contribution in [1.29, 1.82) is 0 Å². The van der Waals surface area contributed by atoms with Gasteiger partial charge in [0.15, 0.2) is 0 Å². The molecule has 1 aliphatic heterocycles. The summed E-state index contributed by atoms with van der Waals surface area (Å²) in [5.41, 5.74) is 0. The van der Waals surface area contributed by atoms with Gasteiger partial charge in [-0.15, -0.1) is 0 Å².